The number of hydrogen-bond donors (Lipinski definition) is 0. The first kappa shape index (κ1) is 14.7. The van der Waals surface area contributed by atoms with E-state index in [1.165, 1.54) is 4.90 Å². The van der Waals surface area contributed by atoms with Crippen molar-refractivity contribution in [3.8, 4) is 17.6 Å². The predicted molar refractivity (Wildman–Crippen MR) is 73.7 cm³/mol. The summed E-state index contributed by atoms with van der Waals surface area (Å²) in [6.45, 7) is 2.44. The summed E-state index contributed by atoms with van der Waals surface area (Å²) in [4.78, 5) is 21.7. The second-order valence-corrected chi connectivity index (χ2v) is 4.29. The Morgan fingerprint density at radius 3 is 3.00 bits per heavy atom. The lowest BCUT2D eigenvalue weighted by Gasteiger charge is -2.16. The molecule has 2 rings (SSSR count). The average molecular weight is 285 g/mol. The Morgan fingerprint density at radius 2 is 2.33 bits per heavy atom. The number of nitrogens with zero attached hydrogens (tertiary/aromatic N) is 5. The molecule has 7 heteroatoms. The molecule has 0 N–H and O–H groups in total. The minimum Gasteiger partial charge on any atom is -0.339 e. The van der Waals surface area contributed by atoms with Crippen molar-refractivity contribution in [3.05, 3.63) is 30.3 Å². The zero-order valence-corrected chi connectivity index (χ0v) is 11.7. The van der Waals surface area contributed by atoms with Crippen molar-refractivity contribution in [1.29, 1.82) is 5.26 Å². The highest BCUT2D eigenvalue weighted by Gasteiger charge is 2.14. The van der Waals surface area contributed by atoms with Crippen LogP contribution in [0.1, 0.15) is 19.2 Å². The lowest BCUT2D eigenvalue weighted by molar-refractivity contribution is -0.130. The smallest absolute Gasteiger partial charge is 0.227 e. The molecule has 2 aromatic heterocycles. The van der Waals surface area contributed by atoms with Crippen LogP contribution in [0, 0.1) is 11.3 Å². The highest BCUT2D eigenvalue weighted by molar-refractivity contribution is 5.76. The van der Waals surface area contributed by atoms with E-state index in [4.69, 9.17) is 9.78 Å². The maximum atomic E-state index is 11.9. The number of aryl methyl sites for hydroxylation is 1. The number of carbonyl (C=O) groups excluding carboxylic acids is 1. The van der Waals surface area contributed by atoms with E-state index in [0.29, 0.717) is 30.4 Å². The molecule has 0 aliphatic rings. The van der Waals surface area contributed by atoms with Crippen molar-refractivity contribution in [1.82, 2.24) is 20.0 Å². The van der Waals surface area contributed by atoms with E-state index in [0.717, 1.165) is 0 Å². The maximum Gasteiger partial charge on any atom is 0.227 e. The summed E-state index contributed by atoms with van der Waals surface area (Å²) in [7, 11) is 0. The molecule has 0 saturated carbocycles. The van der Waals surface area contributed by atoms with Gasteiger partial charge in [-0.05, 0) is 19.1 Å². The number of hydrogen-bond acceptors (Lipinski definition) is 6. The van der Waals surface area contributed by atoms with Gasteiger partial charge in [-0.1, -0.05) is 11.2 Å². The van der Waals surface area contributed by atoms with Crippen molar-refractivity contribution in [2.75, 3.05) is 13.1 Å². The molecule has 0 aliphatic carbocycles. The lowest BCUT2D eigenvalue weighted by atomic mass is 10.2. The zero-order chi connectivity index (χ0) is 15.1. The van der Waals surface area contributed by atoms with Crippen LogP contribution < -0.4 is 0 Å². The van der Waals surface area contributed by atoms with Gasteiger partial charge < -0.3 is 9.42 Å². The number of nitriles is 1. The fraction of sp³-hybridized carbons (Fsp3) is 0.357. The van der Waals surface area contributed by atoms with Crippen molar-refractivity contribution >= 4 is 5.91 Å². The summed E-state index contributed by atoms with van der Waals surface area (Å²) in [5.74, 6) is 0.691. The van der Waals surface area contributed by atoms with Gasteiger partial charge in [-0.2, -0.15) is 10.2 Å². The molecule has 0 spiro atoms. The van der Waals surface area contributed by atoms with Crippen LogP contribution in [0.5, 0.6) is 0 Å². The molecule has 7 nitrogen and oxygen atoms in total. The molecule has 2 heterocycles. The summed E-state index contributed by atoms with van der Waals surface area (Å²) in [6.07, 6.45) is 2.23. The van der Waals surface area contributed by atoms with Gasteiger partial charge in [0.25, 0.3) is 0 Å². The van der Waals surface area contributed by atoms with Gasteiger partial charge in [0.05, 0.1) is 6.07 Å². The molecule has 0 aromatic carbocycles. The van der Waals surface area contributed by atoms with E-state index in [-0.39, 0.29) is 18.9 Å². The monoisotopic (exact) mass is 285 g/mol. The average Bonchev–Trinajstić information content (AvgIpc) is 3.00. The SMILES string of the molecule is CCN(CC#N)C(=O)CCc1nc(-c2ccccn2)no1. The first-order valence-corrected chi connectivity index (χ1v) is 6.63. The fourth-order valence-corrected chi connectivity index (χ4v) is 1.79. The Labute approximate surface area is 122 Å². The van der Waals surface area contributed by atoms with Crippen molar-refractivity contribution in [2.24, 2.45) is 0 Å². The second kappa shape index (κ2) is 7.14. The van der Waals surface area contributed by atoms with Gasteiger partial charge in [0.2, 0.25) is 17.6 Å². The Hall–Kier alpha value is -2.75. The third kappa shape index (κ3) is 3.86. The minimum atomic E-state index is -0.100. The Kier molecular flexibility index (Phi) is 4.99. The van der Waals surface area contributed by atoms with E-state index in [1.54, 1.807) is 18.3 Å². The van der Waals surface area contributed by atoms with Gasteiger partial charge in [-0.15, -0.1) is 0 Å². The van der Waals surface area contributed by atoms with Crippen LogP contribution in [0.2, 0.25) is 0 Å². The van der Waals surface area contributed by atoms with E-state index in [9.17, 15) is 4.79 Å². The van der Waals surface area contributed by atoms with Crippen molar-refractivity contribution in [3.63, 3.8) is 0 Å². The number of rotatable bonds is 6. The van der Waals surface area contributed by atoms with Gasteiger partial charge in [-0.3, -0.25) is 9.78 Å². The summed E-state index contributed by atoms with van der Waals surface area (Å²) >= 11 is 0. The van der Waals surface area contributed by atoms with Gasteiger partial charge in [-0.25, -0.2) is 0 Å². The standard InChI is InChI=1S/C14H15N5O2/c1-2-19(10-8-15)13(20)7-6-12-17-14(18-21-12)11-5-3-4-9-16-11/h3-5,9H,2,6-7,10H2,1H3. The van der Waals surface area contributed by atoms with E-state index in [2.05, 4.69) is 15.1 Å². The molecule has 0 saturated heterocycles. The second-order valence-electron chi connectivity index (χ2n) is 4.29. The Balaban J connectivity index is 1.94. The number of aromatic nitrogens is 3. The first-order valence-electron chi connectivity index (χ1n) is 6.63. The molecule has 21 heavy (non-hydrogen) atoms. The topological polar surface area (TPSA) is 95.9 Å². The van der Waals surface area contributed by atoms with Gasteiger partial charge in [0.15, 0.2) is 0 Å². The summed E-state index contributed by atoms with van der Waals surface area (Å²) in [6, 6.07) is 7.39. The van der Waals surface area contributed by atoms with E-state index >= 15 is 0 Å². The van der Waals surface area contributed by atoms with Crippen molar-refractivity contribution in [2.45, 2.75) is 19.8 Å². The molecule has 0 radical (unpaired) electrons. The summed E-state index contributed by atoms with van der Waals surface area (Å²) in [5.41, 5.74) is 0.624. The molecular weight excluding hydrogens is 270 g/mol. The molecule has 0 aliphatic heterocycles. The van der Waals surface area contributed by atoms with Crippen LogP contribution in [0.4, 0.5) is 0 Å². The normalized spacial score (nSPS) is 10.1. The fourth-order valence-electron chi connectivity index (χ4n) is 1.79. The Bertz CT molecular complexity index is 632. The third-order valence-electron chi connectivity index (χ3n) is 2.91. The van der Waals surface area contributed by atoms with Crippen LogP contribution in [-0.2, 0) is 11.2 Å². The zero-order valence-electron chi connectivity index (χ0n) is 11.7. The number of carbonyl (C=O) groups is 1. The number of pyridine rings is 1. The molecule has 0 unspecified atom stereocenters. The number of amides is 1. The minimum absolute atomic E-state index is 0.0956. The predicted octanol–water partition coefficient (Wildman–Crippen LogP) is 1.44. The molecule has 1 amide bonds. The molecule has 0 atom stereocenters. The summed E-state index contributed by atoms with van der Waals surface area (Å²) < 4.78 is 5.11. The Morgan fingerprint density at radius 1 is 1.48 bits per heavy atom. The van der Waals surface area contributed by atoms with Gasteiger partial charge in [0.1, 0.15) is 12.2 Å². The van der Waals surface area contributed by atoms with Crippen LogP contribution >= 0.6 is 0 Å². The maximum absolute atomic E-state index is 11.9. The largest absolute Gasteiger partial charge is 0.339 e. The van der Waals surface area contributed by atoms with Gasteiger partial charge in [0, 0.05) is 25.6 Å². The summed E-state index contributed by atoms with van der Waals surface area (Å²) in [5, 5.41) is 12.5. The third-order valence-corrected chi connectivity index (χ3v) is 2.91. The first-order chi connectivity index (χ1) is 10.2. The van der Waals surface area contributed by atoms with Crippen LogP contribution in [-0.4, -0.2) is 39.0 Å². The van der Waals surface area contributed by atoms with Gasteiger partial charge >= 0.3 is 0 Å². The van der Waals surface area contributed by atoms with Crippen LogP contribution in [0.3, 0.4) is 0 Å². The van der Waals surface area contributed by atoms with Crippen LogP contribution in [0.15, 0.2) is 28.9 Å². The van der Waals surface area contributed by atoms with Crippen LogP contribution in [0.25, 0.3) is 11.5 Å². The molecule has 108 valence electrons. The van der Waals surface area contributed by atoms with E-state index in [1.807, 2.05) is 19.1 Å². The highest BCUT2D eigenvalue weighted by atomic mass is 16.5. The molecule has 0 fully saturated rings. The van der Waals surface area contributed by atoms with Crippen molar-refractivity contribution < 1.29 is 9.32 Å². The molecule has 0 bridgehead atoms. The quantitative estimate of drug-likeness (QED) is 0.745. The molecule has 2 aromatic rings. The lowest BCUT2D eigenvalue weighted by Crippen LogP contribution is -2.31. The van der Waals surface area contributed by atoms with E-state index < -0.39 is 0 Å². The highest BCUT2D eigenvalue weighted by Crippen LogP contribution is 2.13. The molecular formula is C14H15N5O2.